The van der Waals surface area contributed by atoms with E-state index in [-0.39, 0.29) is 34.3 Å². The first-order valence-electron chi connectivity index (χ1n) is 7.87. The van der Waals surface area contributed by atoms with E-state index in [1.165, 1.54) is 17.2 Å². The van der Waals surface area contributed by atoms with Crippen molar-refractivity contribution in [3.63, 3.8) is 0 Å². The summed E-state index contributed by atoms with van der Waals surface area (Å²) >= 11 is 5.11. The fourth-order valence-electron chi connectivity index (χ4n) is 2.80. The predicted octanol–water partition coefficient (Wildman–Crippen LogP) is 0.922. The summed E-state index contributed by atoms with van der Waals surface area (Å²) in [6, 6.07) is 0.283. The topological polar surface area (TPSA) is 101 Å². The molecule has 1 aliphatic rings. The molecule has 4 N–H and O–H groups in total. The standard InChI is InChI=1S/C15H24N4O2S/c1-3-9(2)19-14(21)10(13(20)18-15(19)22)8-17-12-7-5-4-6-11(12)16/h8-9,11-12,21H,3-7,16H2,1-2H3,(H,18,20,22). The highest BCUT2D eigenvalue weighted by Crippen LogP contribution is 2.20. The fraction of sp³-hybridized carbons (Fsp3) is 0.667. The molecule has 122 valence electrons. The summed E-state index contributed by atoms with van der Waals surface area (Å²) in [4.78, 5) is 19.1. The number of hydrogen-bond donors (Lipinski definition) is 2. The number of rotatable bonds is 4. The smallest absolute Gasteiger partial charge is 0.259 e. The zero-order valence-corrected chi connectivity index (χ0v) is 14.0. The van der Waals surface area contributed by atoms with E-state index < -0.39 is 5.56 Å². The largest absolute Gasteiger partial charge is 0.859 e. The minimum atomic E-state index is -0.463. The number of nitrogens with zero attached hydrogens (tertiary/aromatic N) is 2. The van der Waals surface area contributed by atoms with Gasteiger partial charge in [0.1, 0.15) is 12.1 Å². The number of aromatic amines is 1. The summed E-state index contributed by atoms with van der Waals surface area (Å²) < 4.78 is 1.63. The highest BCUT2D eigenvalue weighted by Gasteiger charge is 2.23. The van der Waals surface area contributed by atoms with Crippen molar-refractivity contribution in [1.82, 2.24) is 9.55 Å². The van der Waals surface area contributed by atoms with Crippen LogP contribution in [0.1, 0.15) is 57.6 Å². The van der Waals surface area contributed by atoms with E-state index in [9.17, 15) is 9.90 Å². The van der Waals surface area contributed by atoms with Gasteiger partial charge in [0.2, 0.25) is 0 Å². The highest BCUT2D eigenvalue weighted by atomic mass is 32.1. The second-order valence-electron chi connectivity index (χ2n) is 6.00. The second kappa shape index (κ2) is 7.19. The molecule has 6 nitrogen and oxygen atoms in total. The predicted molar refractivity (Wildman–Crippen MR) is 86.9 cm³/mol. The van der Waals surface area contributed by atoms with E-state index in [2.05, 4.69) is 15.7 Å². The van der Waals surface area contributed by atoms with Gasteiger partial charge in [-0.3, -0.25) is 14.8 Å². The van der Waals surface area contributed by atoms with E-state index in [1.807, 2.05) is 13.8 Å². The first-order valence-corrected chi connectivity index (χ1v) is 8.28. The number of quaternary nitrogens is 1. The minimum absolute atomic E-state index is 0.0562. The van der Waals surface area contributed by atoms with Gasteiger partial charge < -0.3 is 15.4 Å². The van der Waals surface area contributed by atoms with E-state index >= 15 is 0 Å². The molecule has 2 rings (SSSR count). The van der Waals surface area contributed by atoms with Gasteiger partial charge in [0.25, 0.3) is 5.56 Å². The lowest BCUT2D eigenvalue weighted by Gasteiger charge is -2.25. The Labute approximate surface area is 135 Å². The van der Waals surface area contributed by atoms with E-state index in [1.54, 1.807) is 0 Å². The van der Waals surface area contributed by atoms with Crippen LogP contribution in [0.25, 0.3) is 0 Å². The van der Waals surface area contributed by atoms with Crippen LogP contribution in [0.4, 0.5) is 0 Å². The SMILES string of the molecule is CCC(C)n1c([O-])c(C=NC2CCCCC2[NH3+])c(=O)[nH]c1=S. The van der Waals surface area contributed by atoms with Crippen molar-refractivity contribution in [3.05, 3.63) is 20.7 Å². The van der Waals surface area contributed by atoms with Gasteiger partial charge >= 0.3 is 0 Å². The van der Waals surface area contributed by atoms with Crippen LogP contribution in [0, 0.1) is 4.77 Å². The Hall–Kier alpha value is -1.47. The number of nitrogens with one attached hydrogen (secondary N) is 1. The second-order valence-corrected chi connectivity index (χ2v) is 6.38. The Bertz CT molecular complexity index is 664. The Morgan fingerprint density at radius 3 is 2.86 bits per heavy atom. The molecule has 1 fully saturated rings. The maximum atomic E-state index is 12.5. The molecule has 7 heteroatoms. The quantitative estimate of drug-likeness (QED) is 0.636. The van der Waals surface area contributed by atoms with Crippen LogP contribution in [0.15, 0.2) is 9.79 Å². The van der Waals surface area contributed by atoms with Crippen molar-refractivity contribution in [3.8, 4) is 5.88 Å². The summed E-state index contributed by atoms with van der Waals surface area (Å²) in [5.74, 6) is -0.358. The van der Waals surface area contributed by atoms with Gasteiger partial charge in [-0.25, -0.2) is 0 Å². The Kier molecular flexibility index (Phi) is 5.52. The molecular formula is C15H24N4O2S. The Morgan fingerprint density at radius 1 is 1.55 bits per heavy atom. The lowest BCUT2D eigenvalue weighted by atomic mass is 9.91. The molecule has 0 aliphatic heterocycles. The van der Waals surface area contributed by atoms with E-state index in [0.29, 0.717) is 0 Å². The van der Waals surface area contributed by atoms with Crippen molar-refractivity contribution in [2.45, 2.75) is 64.1 Å². The minimum Gasteiger partial charge on any atom is -0.859 e. The zero-order chi connectivity index (χ0) is 16.3. The van der Waals surface area contributed by atoms with Gasteiger partial charge in [-0.2, -0.15) is 0 Å². The average molecular weight is 324 g/mol. The van der Waals surface area contributed by atoms with Crippen LogP contribution >= 0.6 is 12.2 Å². The molecule has 1 aromatic rings. The third-order valence-electron chi connectivity index (χ3n) is 4.43. The fourth-order valence-corrected chi connectivity index (χ4v) is 3.15. The summed E-state index contributed by atoms with van der Waals surface area (Å²) in [7, 11) is 0. The van der Waals surface area contributed by atoms with Crippen LogP contribution < -0.4 is 16.4 Å². The number of hydrogen-bond acceptors (Lipinski definition) is 4. The number of H-pyrrole nitrogens is 1. The summed E-state index contributed by atoms with van der Waals surface area (Å²) in [5.41, 5.74) is 3.71. The van der Waals surface area contributed by atoms with Gasteiger partial charge in [-0.1, -0.05) is 13.3 Å². The molecule has 0 aromatic carbocycles. The molecule has 0 bridgehead atoms. The maximum Gasteiger partial charge on any atom is 0.259 e. The molecular weight excluding hydrogens is 300 g/mol. The van der Waals surface area contributed by atoms with Crippen molar-refractivity contribution < 1.29 is 10.8 Å². The Balaban J connectivity index is 2.38. The van der Waals surface area contributed by atoms with E-state index in [4.69, 9.17) is 12.2 Å². The van der Waals surface area contributed by atoms with Crippen LogP contribution in [0.5, 0.6) is 5.88 Å². The van der Waals surface area contributed by atoms with Gasteiger partial charge in [-0.15, -0.1) is 0 Å². The van der Waals surface area contributed by atoms with Crippen LogP contribution in [-0.2, 0) is 0 Å². The van der Waals surface area contributed by atoms with Gasteiger partial charge in [0.15, 0.2) is 4.77 Å². The molecule has 0 radical (unpaired) electrons. The lowest BCUT2D eigenvalue weighted by Crippen LogP contribution is -2.66. The molecule has 0 amide bonds. The van der Waals surface area contributed by atoms with Gasteiger partial charge in [0, 0.05) is 18.7 Å². The Morgan fingerprint density at radius 2 is 2.23 bits per heavy atom. The van der Waals surface area contributed by atoms with Crippen LogP contribution in [0.3, 0.4) is 0 Å². The van der Waals surface area contributed by atoms with Gasteiger partial charge in [0.05, 0.1) is 5.56 Å². The maximum absolute atomic E-state index is 12.5. The first kappa shape index (κ1) is 16.9. The molecule has 1 aromatic heterocycles. The normalized spacial score (nSPS) is 23.8. The monoisotopic (exact) mass is 324 g/mol. The summed E-state index contributed by atoms with van der Waals surface area (Å²) in [5, 5.41) is 12.5. The average Bonchev–Trinajstić information content (AvgIpc) is 2.48. The molecule has 1 aliphatic carbocycles. The van der Waals surface area contributed by atoms with Crippen LogP contribution in [-0.4, -0.2) is 27.8 Å². The molecule has 1 heterocycles. The van der Waals surface area contributed by atoms with Crippen LogP contribution in [0.2, 0.25) is 0 Å². The summed E-state index contributed by atoms with van der Waals surface area (Å²) in [6.07, 6.45) is 6.47. The van der Waals surface area contributed by atoms with Crippen molar-refractivity contribution in [2.75, 3.05) is 0 Å². The highest BCUT2D eigenvalue weighted by molar-refractivity contribution is 7.71. The van der Waals surface area contributed by atoms with Crippen molar-refractivity contribution >= 4 is 18.4 Å². The molecule has 22 heavy (non-hydrogen) atoms. The van der Waals surface area contributed by atoms with Gasteiger partial charge in [-0.05, 0) is 44.3 Å². The molecule has 3 unspecified atom stereocenters. The number of aromatic nitrogens is 2. The third-order valence-corrected chi connectivity index (χ3v) is 4.73. The zero-order valence-electron chi connectivity index (χ0n) is 13.2. The first-order chi connectivity index (χ1) is 10.5. The summed E-state index contributed by atoms with van der Waals surface area (Å²) in [6.45, 7) is 3.88. The molecule has 0 saturated heterocycles. The van der Waals surface area contributed by atoms with Crippen molar-refractivity contribution in [2.24, 2.45) is 4.99 Å². The molecule has 1 saturated carbocycles. The number of aliphatic imine (C=N–C) groups is 1. The third kappa shape index (κ3) is 3.47. The molecule has 0 spiro atoms. The van der Waals surface area contributed by atoms with E-state index in [0.717, 1.165) is 25.7 Å². The molecule has 3 atom stereocenters. The lowest BCUT2D eigenvalue weighted by molar-refractivity contribution is -0.428. The van der Waals surface area contributed by atoms with Crippen molar-refractivity contribution in [1.29, 1.82) is 0 Å².